The number of hydrogen-bond acceptors (Lipinski definition) is 10. The van der Waals surface area contributed by atoms with Crippen molar-refractivity contribution in [2.75, 3.05) is 87.1 Å². The number of hydrogen-bond donors (Lipinski definition) is 1. The molecule has 5 fully saturated rings. The van der Waals surface area contributed by atoms with Gasteiger partial charge in [0.2, 0.25) is 29.5 Å². The summed E-state index contributed by atoms with van der Waals surface area (Å²) in [7, 11) is 8.09. The second kappa shape index (κ2) is 19.7. The van der Waals surface area contributed by atoms with E-state index in [4.69, 9.17) is 0 Å². The van der Waals surface area contributed by atoms with Crippen LogP contribution in [0.15, 0.2) is 30.3 Å². The van der Waals surface area contributed by atoms with E-state index >= 15 is 0 Å². The Hall–Kier alpha value is -3.63. The van der Waals surface area contributed by atoms with Gasteiger partial charge in [0.05, 0.1) is 27.7 Å². The van der Waals surface area contributed by atoms with Gasteiger partial charge < -0.3 is 24.5 Å². The van der Waals surface area contributed by atoms with Crippen molar-refractivity contribution < 1.29 is 24.0 Å². The Morgan fingerprint density at radius 1 is 0.371 bits per heavy atom. The highest BCUT2D eigenvalue weighted by atomic mass is 16.2. The van der Waals surface area contributed by atoms with Gasteiger partial charge in [-0.15, -0.1) is 0 Å². The molecule has 15 heteroatoms. The van der Waals surface area contributed by atoms with Gasteiger partial charge in [0, 0.05) is 93.1 Å². The predicted molar refractivity (Wildman–Crippen MR) is 283 cm³/mol. The van der Waals surface area contributed by atoms with Crippen molar-refractivity contribution in [2.24, 2.45) is 0 Å². The van der Waals surface area contributed by atoms with Crippen LogP contribution < -0.4 is 5.32 Å². The zero-order valence-corrected chi connectivity index (χ0v) is 48.5. The number of piperazine rings is 5. The molecule has 0 aromatic heterocycles. The Bertz CT molecular complexity index is 2040. The van der Waals surface area contributed by atoms with Gasteiger partial charge in [-0.25, -0.2) is 0 Å². The first kappa shape index (κ1) is 58.9. The van der Waals surface area contributed by atoms with Crippen LogP contribution in [0.4, 0.5) is 0 Å². The summed E-state index contributed by atoms with van der Waals surface area (Å²) in [4.78, 5) is 82.6. The molecule has 0 spiro atoms. The van der Waals surface area contributed by atoms with E-state index in [1.807, 2.05) is 140 Å². The summed E-state index contributed by atoms with van der Waals surface area (Å²) in [6, 6.07) is 10.2. The quantitative estimate of drug-likeness (QED) is 0.359. The standard InChI is InChI=1S/C20H38N4O2.C19H36N4O2.C16H24N2O/c1-17(2)13-23(15(25)19(5,6)21(17)9)11-12-24-14-18(3,4)22(10)20(7,8)16(24)26;1-16(2)12-22(14(24)18(5,6)20-16)10-11-23-13-17(3,4)21(9)19(7,8)15(23)25;1-15(2)12-18(11-13-9-7-6-8-10-13)14(19)16(3,4)17(15)5/h11-14H2,1-10H3;20H,10-13H2,1-9H3;6-10H,11-12H2,1-5H3. The predicted octanol–water partition coefficient (Wildman–Crippen LogP) is 5.47. The average molecular weight is 979 g/mol. The number of benzene rings is 1. The van der Waals surface area contributed by atoms with Crippen LogP contribution in [0, 0.1) is 0 Å². The smallest absolute Gasteiger partial charge is 0.242 e. The summed E-state index contributed by atoms with van der Waals surface area (Å²) in [6.45, 7) is 47.9. The van der Waals surface area contributed by atoms with Crippen LogP contribution in [0.2, 0.25) is 0 Å². The van der Waals surface area contributed by atoms with E-state index in [0.717, 1.165) is 6.54 Å². The van der Waals surface area contributed by atoms with E-state index in [9.17, 15) is 24.0 Å². The third-order valence-electron chi connectivity index (χ3n) is 17.1. The fourth-order valence-corrected chi connectivity index (χ4v) is 11.7. The summed E-state index contributed by atoms with van der Waals surface area (Å²) in [6.07, 6.45) is 0. The molecule has 0 bridgehead atoms. The van der Waals surface area contributed by atoms with Gasteiger partial charge in [0.15, 0.2) is 0 Å². The maximum Gasteiger partial charge on any atom is 0.242 e. The minimum Gasteiger partial charge on any atom is -0.338 e. The fourth-order valence-electron chi connectivity index (χ4n) is 11.7. The van der Waals surface area contributed by atoms with Crippen molar-refractivity contribution in [3.05, 3.63) is 35.9 Å². The topological polar surface area (TPSA) is 127 Å². The molecule has 5 saturated heterocycles. The molecule has 0 unspecified atom stereocenters. The lowest BCUT2D eigenvalue weighted by molar-refractivity contribution is -0.162. The average Bonchev–Trinajstić information content (AvgIpc) is 3.23. The number of amides is 5. The molecule has 15 nitrogen and oxygen atoms in total. The number of nitrogens with zero attached hydrogens (tertiary/aromatic N) is 9. The van der Waals surface area contributed by atoms with Gasteiger partial charge in [0.25, 0.3) is 0 Å². The van der Waals surface area contributed by atoms with Crippen molar-refractivity contribution in [1.29, 1.82) is 0 Å². The molecule has 5 heterocycles. The Kier molecular flexibility index (Phi) is 16.6. The Morgan fingerprint density at radius 3 is 0.929 bits per heavy atom. The highest BCUT2D eigenvalue weighted by Crippen LogP contribution is 2.36. The number of carbonyl (C=O) groups is 5. The highest BCUT2D eigenvalue weighted by Gasteiger charge is 2.53. The second-order valence-corrected chi connectivity index (χ2v) is 26.9. The largest absolute Gasteiger partial charge is 0.338 e. The summed E-state index contributed by atoms with van der Waals surface area (Å²) < 4.78 is 0. The van der Waals surface area contributed by atoms with Gasteiger partial charge >= 0.3 is 0 Å². The number of nitrogens with one attached hydrogen (secondary N) is 1. The molecule has 398 valence electrons. The SMILES string of the molecule is CN1C(C)(C)CN(CCN2CC(C)(C)N(C)C(C)(C)C2=O)C(=O)C1(C)C.CN1C(C)(C)CN(CCN2CC(C)(C)NC(C)(C)C2=O)C(=O)C1(C)C.CN1C(C)(C)CN(Cc2ccccc2)C(=O)C1(C)C. The van der Waals surface area contributed by atoms with E-state index in [2.05, 4.69) is 106 Å². The Balaban J connectivity index is 0.000000231. The first-order valence-electron chi connectivity index (χ1n) is 25.7. The lowest BCUT2D eigenvalue weighted by Gasteiger charge is -2.55. The van der Waals surface area contributed by atoms with Gasteiger partial charge in [-0.1, -0.05) is 30.3 Å². The molecule has 5 aliphatic heterocycles. The lowest BCUT2D eigenvalue weighted by atomic mass is 9.87. The molecule has 5 amide bonds. The van der Waals surface area contributed by atoms with Crippen LogP contribution in [0.3, 0.4) is 0 Å². The van der Waals surface area contributed by atoms with Crippen molar-refractivity contribution in [2.45, 2.75) is 200 Å². The minimum atomic E-state index is -0.577. The van der Waals surface area contributed by atoms with E-state index in [1.165, 1.54) is 5.56 Å². The fraction of sp³-hybridized carbons (Fsp3) is 0.800. The second-order valence-electron chi connectivity index (χ2n) is 26.9. The first-order chi connectivity index (χ1) is 31.4. The van der Waals surface area contributed by atoms with Crippen LogP contribution >= 0.6 is 0 Å². The van der Waals surface area contributed by atoms with Gasteiger partial charge in [-0.3, -0.25) is 48.9 Å². The molecule has 5 aliphatic rings. The molecular weight excluding hydrogens is 881 g/mol. The van der Waals surface area contributed by atoms with Crippen molar-refractivity contribution in [1.82, 2.24) is 49.4 Å². The Morgan fingerprint density at radius 2 is 0.629 bits per heavy atom. The van der Waals surface area contributed by atoms with E-state index < -0.39 is 27.7 Å². The van der Waals surface area contributed by atoms with Gasteiger partial charge in [-0.2, -0.15) is 0 Å². The molecule has 0 aliphatic carbocycles. The normalized spacial score (nSPS) is 26.9. The van der Waals surface area contributed by atoms with Gasteiger partial charge in [0.1, 0.15) is 0 Å². The third kappa shape index (κ3) is 11.9. The van der Waals surface area contributed by atoms with Gasteiger partial charge in [-0.05, 0) is 172 Å². The van der Waals surface area contributed by atoms with Crippen molar-refractivity contribution in [3.8, 4) is 0 Å². The molecular formula is C55H98N10O5. The molecule has 0 radical (unpaired) electrons. The van der Waals surface area contributed by atoms with Crippen LogP contribution in [-0.4, -0.2) is 216 Å². The van der Waals surface area contributed by atoms with E-state index in [0.29, 0.717) is 58.9 Å². The summed E-state index contributed by atoms with van der Waals surface area (Å²) in [5.41, 5.74) is -1.87. The van der Waals surface area contributed by atoms with Crippen molar-refractivity contribution in [3.63, 3.8) is 0 Å². The monoisotopic (exact) mass is 979 g/mol. The van der Waals surface area contributed by atoms with E-state index in [-0.39, 0.29) is 57.2 Å². The number of rotatable bonds is 8. The number of carbonyl (C=O) groups excluding carboxylic acids is 5. The zero-order chi connectivity index (χ0) is 54.0. The third-order valence-corrected chi connectivity index (χ3v) is 17.1. The lowest BCUT2D eigenvalue weighted by Crippen LogP contribution is -2.72. The molecule has 70 heavy (non-hydrogen) atoms. The first-order valence-corrected chi connectivity index (χ1v) is 25.7. The molecule has 1 aromatic carbocycles. The van der Waals surface area contributed by atoms with Crippen LogP contribution in [0.1, 0.15) is 144 Å². The zero-order valence-electron chi connectivity index (χ0n) is 48.5. The minimum absolute atomic E-state index is 0.00775. The summed E-state index contributed by atoms with van der Waals surface area (Å²) >= 11 is 0. The van der Waals surface area contributed by atoms with Crippen LogP contribution in [-0.2, 0) is 30.5 Å². The highest BCUT2D eigenvalue weighted by molar-refractivity contribution is 5.89. The maximum absolute atomic E-state index is 13.0. The molecule has 1 aromatic rings. The summed E-state index contributed by atoms with van der Waals surface area (Å²) in [5, 5.41) is 3.41. The van der Waals surface area contributed by atoms with Crippen molar-refractivity contribution >= 4 is 29.5 Å². The molecule has 1 N–H and O–H groups in total. The Labute approximate surface area is 424 Å². The molecule has 0 saturated carbocycles. The molecule has 6 rings (SSSR count). The van der Waals surface area contributed by atoms with Crippen LogP contribution in [0.5, 0.6) is 0 Å². The number of likely N-dealkylation sites (N-methyl/N-ethyl adjacent to an activating group) is 4. The maximum atomic E-state index is 13.0. The van der Waals surface area contributed by atoms with Crippen LogP contribution in [0.25, 0.3) is 0 Å². The molecule has 0 atom stereocenters. The summed E-state index contributed by atoms with van der Waals surface area (Å²) in [5.74, 6) is 0.722. The van der Waals surface area contributed by atoms with E-state index in [1.54, 1.807) is 0 Å².